The first-order valence-electron chi connectivity index (χ1n) is 7.09. The molecule has 0 radical (unpaired) electrons. The fourth-order valence-corrected chi connectivity index (χ4v) is 2.42. The van der Waals surface area contributed by atoms with Crippen LogP contribution in [0.15, 0.2) is 18.2 Å². The third-order valence-electron chi connectivity index (χ3n) is 3.61. The molecule has 0 N–H and O–H groups in total. The number of carbonyl (C=O) groups excluding carboxylic acids is 1. The molecule has 1 aromatic carbocycles. The zero-order valence-electron chi connectivity index (χ0n) is 12.7. The summed E-state index contributed by atoms with van der Waals surface area (Å²) in [6.07, 6.45) is 0.175. The van der Waals surface area contributed by atoms with Gasteiger partial charge in [-0.3, -0.25) is 4.79 Å². The molecule has 1 saturated heterocycles. The molecule has 1 fully saturated rings. The van der Waals surface area contributed by atoms with Gasteiger partial charge in [0, 0.05) is 13.1 Å². The van der Waals surface area contributed by atoms with E-state index in [0.717, 1.165) is 5.75 Å². The molecule has 0 aliphatic carbocycles. The summed E-state index contributed by atoms with van der Waals surface area (Å²) in [5, 5.41) is 0. The van der Waals surface area contributed by atoms with Crippen molar-refractivity contribution in [2.45, 2.75) is 39.9 Å². The summed E-state index contributed by atoms with van der Waals surface area (Å²) in [5.41, 5.74) is 2.39. The number of rotatable bonds is 3. The van der Waals surface area contributed by atoms with E-state index in [1.807, 2.05) is 43.9 Å². The third kappa shape index (κ3) is 3.73. The van der Waals surface area contributed by atoms with Crippen LogP contribution in [0.1, 0.15) is 25.0 Å². The number of morpholine rings is 1. The van der Waals surface area contributed by atoms with Crippen LogP contribution in [0.3, 0.4) is 0 Å². The Morgan fingerprint density at radius 1 is 1.25 bits per heavy atom. The highest BCUT2D eigenvalue weighted by Crippen LogP contribution is 2.17. The Bertz CT molecular complexity index is 477. The lowest BCUT2D eigenvalue weighted by Crippen LogP contribution is -2.49. The van der Waals surface area contributed by atoms with E-state index in [1.54, 1.807) is 0 Å². The second kappa shape index (κ2) is 6.27. The zero-order chi connectivity index (χ0) is 14.7. The molecule has 1 aliphatic rings. The Balaban J connectivity index is 1.89. The topological polar surface area (TPSA) is 38.8 Å². The molecule has 1 amide bonds. The molecule has 0 spiro atoms. The normalized spacial score (nSPS) is 22.7. The maximum Gasteiger partial charge on any atom is 0.260 e. The maximum absolute atomic E-state index is 12.2. The summed E-state index contributed by atoms with van der Waals surface area (Å²) in [5.74, 6) is 0.765. The van der Waals surface area contributed by atoms with E-state index in [-0.39, 0.29) is 24.7 Å². The van der Waals surface area contributed by atoms with Gasteiger partial charge in [0.1, 0.15) is 5.75 Å². The van der Waals surface area contributed by atoms with E-state index in [1.165, 1.54) is 11.1 Å². The van der Waals surface area contributed by atoms with Crippen molar-refractivity contribution in [2.75, 3.05) is 19.7 Å². The van der Waals surface area contributed by atoms with Gasteiger partial charge in [-0.2, -0.15) is 0 Å². The van der Waals surface area contributed by atoms with Crippen molar-refractivity contribution in [1.82, 2.24) is 4.90 Å². The predicted molar refractivity (Wildman–Crippen MR) is 78.0 cm³/mol. The highest BCUT2D eigenvalue weighted by molar-refractivity contribution is 5.78. The summed E-state index contributed by atoms with van der Waals surface area (Å²) in [6, 6.07) is 5.88. The van der Waals surface area contributed by atoms with Crippen LogP contribution in [-0.4, -0.2) is 42.7 Å². The van der Waals surface area contributed by atoms with Gasteiger partial charge in [0.25, 0.3) is 5.91 Å². The van der Waals surface area contributed by atoms with Crippen molar-refractivity contribution >= 4 is 5.91 Å². The molecule has 4 heteroatoms. The average molecular weight is 277 g/mol. The van der Waals surface area contributed by atoms with Gasteiger partial charge in [-0.15, -0.1) is 0 Å². The van der Waals surface area contributed by atoms with Crippen LogP contribution in [0.2, 0.25) is 0 Å². The van der Waals surface area contributed by atoms with Crippen LogP contribution < -0.4 is 4.74 Å². The lowest BCUT2D eigenvalue weighted by atomic mass is 10.1. The molecule has 0 saturated carbocycles. The van der Waals surface area contributed by atoms with Crippen LogP contribution in [-0.2, 0) is 9.53 Å². The number of carbonyl (C=O) groups is 1. The standard InChI is InChI=1S/C16H23NO3/c1-11-5-6-15(7-12(11)2)19-10-16(18)17-8-13(3)20-14(4)9-17/h5-7,13-14H,8-10H2,1-4H3/t13-,14-/m0/s1. The molecule has 0 bridgehead atoms. The van der Waals surface area contributed by atoms with Gasteiger partial charge < -0.3 is 14.4 Å². The summed E-state index contributed by atoms with van der Waals surface area (Å²) in [7, 11) is 0. The molecule has 1 aromatic rings. The molecule has 2 rings (SSSR count). The van der Waals surface area contributed by atoms with Gasteiger partial charge in [-0.25, -0.2) is 0 Å². The number of aryl methyl sites for hydroxylation is 2. The average Bonchev–Trinajstić information content (AvgIpc) is 2.38. The maximum atomic E-state index is 12.2. The predicted octanol–water partition coefficient (Wildman–Crippen LogP) is 2.32. The van der Waals surface area contributed by atoms with Crippen molar-refractivity contribution in [3.05, 3.63) is 29.3 Å². The lowest BCUT2D eigenvalue weighted by Gasteiger charge is -2.35. The number of benzene rings is 1. The Kier molecular flexibility index (Phi) is 4.65. The molecular weight excluding hydrogens is 254 g/mol. The second-order valence-electron chi connectivity index (χ2n) is 5.59. The Morgan fingerprint density at radius 2 is 1.90 bits per heavy atom. The molecule has 2 atom stereocenters. The highest BCUT2D eigenvalue weighted by atomic mass is 16.5. The molecule has 1 aliphatic heterocycles. The van der Waals surface area contributed by atoms with E-state index < -0.39 is 0 Å². The summed E-state index contributed by atoms with van der Waals surface area (Å²) in [4.78, 5) is 14.0. The zero-order valence-corrected chi connectivity index (χ0v) is 12.7. The molecule has 20 heavy (non-hydrogen) atoms. The molecule has 110 valence electrons. The van der Waals surface area contributed by atoms with Gasteiger partial charge in [0.15, 0.2) is 6.61 Å². The quantitative estimate of drug-likeness (QED) is 0.851. The number of nitrogens with zero attached hydrogens (tertiary/aromatic N) is 1. The van der Waals surface area contributed by atoms with Crippen molar-refractivity contribution in [1.29, 1.82) is 0 Å². The second-order valence-corrected chi connectivity index (χ2v) is 5.59. The highest BCUT2D eigenvalue weighted by Gasteiger charge is 2.25. The molecule has 4 nitrogen and oxygen atoms in total. The number of ether oxygens (including phenoxy) is 2. The molecule has 0 unspecified atom stereocenters. The van der Waals surface area contributed by atoms with Crippen LogP contribution in [0.5, 0.6) is 5.75 Å². The third-order valence-corrected chi connectivity index (χ3v) is 3.61. The van der Waals surface area contributed by atoms with E-state index in [0.29, 0.717) is 13.1 Å². The number of amides is 1. The van der Waals surface area contributed by atoms with E-state index >= 15 is 0 Å². The van der Waals surface area contributed by atoms with E-state index in [9.17, 15) is 4.79 Å². The van der Waals surface area contributed by atoms with E-state index in [2.05, 4.69) is 6.92 Å². The lowest BCUT2D eigenvalue weighted by molar-refractivity contribution is -0.145. The first kappa shape index (κ1) is 14.9. The van der Waals surface area contributed by atoms with Gasteiger partial charge in [0.05, 0.1) is 12.2 Å². The minimum Gasteiger partial charge on any atom is -0.484 e. The van der Waals surface area contributed by atoms with Crippen molar-refractivity contribution in [3.63, 3.8) is 0 Å². The smallest absolute Gasteiger partial charge is 0.260 e. The van der Waals surface area contributed by atoms with Gasteiger partial charge in [-0.1, -0.05) is 6.07 Å². The van der Waals surface area contributed by atoms with Crippen LogP contribution in [0.4, 0.5) is 0 Å². The van der Waals surface area contributed by atoms with Gasteiger partial charge in [0.2, 0.25) is 0 Å². The fraction of sp³-hybridized carbons (Fsp3) is 0.562. The van der Waals surface area contributed by atoms with E-state index in [4.69, 9.17) is 9.47 Å². The summed E-state index contributed by atoms with van der Waals surface area (Å²) < 4.78 is 11.2. The largest absolute Gasteiger partial charge is 0.484 e. The number of hydrogen-bond acceptors (Lipinski definition) is 3. The minimum atomic E-state index is 0.0187. The SMILES string of the molecule is Cc1ccc(OCC(=O)N2C[C@H](C)O[C@@H](C)C2)cc1C. The first-order chi connectivity index (χ1) is 9.45. The van der Waals surface area contributed by atoms with Crippen LogP contribution in [0, 0.1) is 13.8 Å². The number of hydrogen-bond donors (Lipinski definition) is 0. The van der Waals surface area contributed by atoms with Gasteiger partial charge >= 0.3 is 0 Å². The summed E-state index contributed by atoms with van der Waals surface area (Å²) in [6.45, 7) is 9.43. The Hall–Kier alpha value is -1.55. The Morgan fingerprint density at radius 3 is 2.50 bits per heavy atom. The molecule has 1 heterocycles. The molecule has 0 aromatic heterocycles. The fourth-order valence-electron chi connectivity index (χ4n) is 2.42. The van der Waals surface area contributed by atoms with Gasteiger partial charge in [-0.05, 0) is 51.0 Å². The summed E-state index contributed by atoms with van der Waals surface area (Å²) >= 11 is 0. The Labute approximate surface area is 120 Å². The van der Waals surface area contributed by atoms with Crippen LogP contribution >= 0.6 is 0 Å². The van der Waals surface area contributed by atoms with Crippen LogP contribution in [0.25, 0.3) is 0 Å². The van der Waals surface area contributed by atoms with Crippen molar-refractivity contribution in [3.8, 4) is 5.75 Å². The molecular formula is C16H23NO3. The van der Waals surface area contributed by atoms with Crippen molar-refractivity contribution < 1.29 is 14.3 Å². The first-order valence-corrected chi connectivity index (χ1v) is 7.09. The monoisotopic (exact) mass is 277 g/mol. The van der Waals surface area contributed by atoms with Crippen molar-refractivity contribution in [2.24, 2.45) is 0 Å². The minimum absolute atomic E-state index is 0.0187.